The molecule has 4 heteroatoms. The minimum Gasteiger partial charge on any atom is 0 e. The molecule has 0 aromatic heterocycles. The maximum Gasteiger partial charge on any atom is 0 e. The summed E-state index contributed by atoms with van der Waals surface area (Å²) >= 11 is 0. The maximum atomic E-state index is 0. The molecule has 0 radical (unpaired) electrons. The molecule has 0 amide bonds. The summed E-state index contributed by atoms with van der Waals surface area (Å²) in [6.45, 7) is 0. The third-order valence-corrected chi connectivity index (χ3v) is 0. The molecular formula is H9GaInNZn. The molecule has 0 aromatic carbocycles. The Morgan fingerprint density at radius 2 is 1.00 bits per heavy atom. The summed E-state index contributed by atoms with van der Waals surface area (Å²) in [5.41, 5.74) is 0. The Labute approximate surface area is 70.5 Å². The zero-order valence-electron chi connectivity index (χ0n) is 1.41. The van der Waals surface area contributed by atoms with E-state index < -0.39 is 0 Å². The van der Waals surface area contributed by atoms with Gasteiger partial charge in [0.25, 0.3) is 0 Å². The summed E-state index contributed by atoms with van der Waals surface area (Å²) in [6.07, 6.45) is 0. The summed E-state index contributed by atoms with van der Waals surface area (Å²) in [6, 6.07) is 0. The van der Waals surface area contributed by atoms with E-state index in [1.807, 2.05) is 0 Å². The summed E-state index contributed by atoms with van der Waals surface area (Å²) in [7, 11) is 0. The van der Waals surface area contributed by atoms with Gasteiger partial charge in [-0.1, -0.05) is 0 Å². The van der Waals surface area contributed by atoms with Crippen molar-refractivity contribution in [2.45, 2.75) is 0 Å². The smallest absolute Gasteiger partial charge is 0 e. The Balaban J connectivity index is 0. The van der Waals surface area contributed by atoms with E-state index >= 15 is 0 Å². The van der Waals surface area contributed by atoms with Crippen molar-refractivity contribution in [3.8, 4) is 0 Å². The molecule has 0 bridgehead atoms. The normalized spacial score (nSPS) is 0. The van der Waals surface area contributed by atoms with Gasteiger partial charge in [0.1, 0.15) is 0 Å². The second-order valence-corrected chi connectivity index (χ2v) is 0. The summed E-state index contributed by atoms with van der Waals surface area (Å²) in [5.74, 6) is 0. The number of hydrogen-bond donors (Lipinski definition) is 1. The van der Waals surface area contributed by atoms with Crippen molar-refractivity contribution in [3.63, 3.8) is 0 Å². The van der Waals surface area contributed by atoms with Gasteiger partial charge in [-0.25, -0.2) is 0 Å². The first-order chi connectivity index (χ1) is 0. The first kappa shape index (κ1) is 36.1. The predicted molar refractivity (Wildman–Crippen MR) is 24.9 cm³/mol. The second kappa shape index (κ2) is 19.5. The fourth-order valence-corrected chi connectivity index (χ4v) is 0. The van der Waals surface area contributed by atoms with Crippen molar-refractivity contribution in [1.29, 1.82) is 0 Å². The standard InChI is InChI=1S/Ga.In.H3N.Zn.6H/h;;1H3;;;;;;;. The molecule has 0 aromatic rings. The van der Waals surface area contributed by atoms with E-state index in [1.54, 1.807) is 0 Å². The van der Waals surface area contributed by atoms with Crippen molar-refractivity contribution in [2.75, 3.05) is 0 Å². The first-order valence-electron chi connectivity index (χ1n) is 0. The second-order valence-electron chi connectivity index (χ2n) is 0. The molecule has 0 saturated carbocycles. The van der Waals surface area contributed by atoms with E-state index in [1.165, 1.54) is 0 Å². The van der Waals surface area contributed by atoms with E-state index in [0.29, 0.717) is 0 Å². The van der Waals surface area contributed by atoms with Gasteiger partial charge in [0.15, 0.2) is 0 Å². The Hall–Kier alpha value is 2.09. The first-order valence-corrected chi connectivity index (χ1v) is 0. The molecule has 0 aliphatic rings. The van der Waals surface area contributed by atoms with Crippen LogP contribution in [-0.2, 0) is 19.5 Å². The SMILES string of the molecule is N.[GaH3].[InH3].[Zn]. The molecule has 0 saturated heterocycles. The molecule has 0 aliphatic carbocycles. The molecule has 3 N–H and O–H groups in total. The van der Waals surface area contributed by atoms with Crippen LogP contribution in [0.2, 0.25) is 0 Å². The van der Waals surface area contributed by atoms with Gasteiger partial charge < -0.3 is 6.15 Å². The van der Waals surface area contributed by atoms with Gasteiger partial charge in [-0.15, -0.1) is 0 Å². The van der Waals surface area contributed by atoms with Crippen molar-refractivity contribution in [1.82, 2.24) is 6.15 Å². The third kappa shape index (κ3) is 8.94. The van der Waals surface area contributed by atoms with E-state index in [4.69, 9.17) is 0 Å². The van der Waals surface area contributed by atoms with Gasteiger partial charge in [0.2, 0.25) is 0 Å². The fraction of sp³-hybridized carbons (Fsp3) is 0. The summed E-state index contributed by atoms with van der Waals surface area (Å²) in [4.78, 5) is 0. The zero-order chi connectivity index (χ0) is 0. The summed E-state index contributed by atoms with van der Waals surface area (Å²) < 4.78 is 0. The molecular weight excluding hydrogens is 264 g/mol. The Morgan fingerprint density at radius 1 is 1.00 bits per heavy atom. The van der Waals surface area contributed by atoms with Crippen LogP contribution in [0.3, 0.4) is 0 Å². The largest absolute Gasteiger partial charge is 0 e. The van der Waals surface area contributed by atoms with Crippen LogP contribution in [0.5, 0.6) is 0 Å². The molecule has 0 spiro atoms. The average molecular weight is 273 g/mol. The van der Waals surface area contributed by atoms with Crippen LogP contribution in [0, 0.1) is 0 Å². The van der Waals surface area contributed by atoms with Crippen molar-refractivity contribution in [3.05, 3.63) is 0 Å². The van der Waals surface area contributed by atoms with Gasteiger partial charge in [-0.2, -0.15) is 0 Å². The Bertz CT molecular complexity index is 8.00. The molecule has 0 heterocycles. The van der Waals surface area contributed by atoms with Crippen LogP contribution in [0.4, 0.5) is 0 Å². The van der Waals surface area contributed by atoms with Crippen LogP contribution in [0.15, 0.2) is 0 Å². The topological polar surface area (TPSA) is 35.0 Å². The molecule has 0 atom stereocenters. The molecule has 1 nitrogen and oxygen atoms in total. The van der Waals surface area contributed by atoms with Crippen molar-refractivity contribution >= 4 is 45.6 Å². The predicted octanol–water partition coefficient (Wildman–Crippen LogP) is -2.21. The van der Waals surface area contributed by atoms with Gasteiger partial charge in [-0.05, 0) is 0 Å². The van der Waals surface area contributed by atoms with Gasteiger partial charge in [-0.3, -0.25) is 0 Å². The monoisotopic (exact) mass is 271 g/mol. The van der Waals surface area contributed by atoms with Crippen LogP contribution in [0.1, 0.15) is 0 Å². The summed E-state index contributed by atoms with van der Waals surface area (Å²) in [5, 5.41) is 0. The third-order valence-electron chi connectivity index (χ3n) is 0. The van der Waals surface area contributed by atoms with Crippen LogP contribution in [-0.4, -0.2) is 45.6 Å². The van der Waals surface area contributed by atoms with Crippen LogP contribution in [0.25, 0.3) is 0 Å². The Morgan fingerprint density at radius 3 is 1.00 bits per heavy atom. The van der Waals surface area contributed by atoms with Crippen LogP contribution >= 0.6 is 0 Å². The van der Waals surface area contributed by atoms with E-state index in [9.17, 15) is 0 Å². The molecule has 0 unspecified atom stereocenters. The molecule has 0 aliphatic heterocycles. The molecule has 0 fully saturated rings. The molecule has 22 valence electrons. The quantitative estimate of drug-likeness (QED) is 0.499. The molecule has 4 heavy (non-hydrogen) atoms. The van der Waals surface area contributed by atoms with Crippen LogP contribution < -0.4 is 6.15 Å². The van der Waals surface area contributed by atoms with Crippen molar-refractivity contribution < 1.29 is 19.5 Å². The van der Waals surface area contributed by atoms with Gasteiger partial charge in [0, 0.05) is 19.5 Å². The van der Waals surface area contributed by atoms with E-state index in [-0.39, 0.29) is 71.3 Å². The molecule has 0 rings (SSSR count). The number of rotatable bonds is 0. The Kier molecular flexibility index (Phi) is 176. The maximum absolute atomic E-state index is 0. The zero-order valence-corrected chi connectivity index (χ0v) is 4.38. The van der Waals surface area contributed by atoms with E-state index in [2.05, 4.69) is 0 Å². The minimum atomic E-state index is 0. The van der Waals surface area contributed by atoms with E-state index in [0.717, 1.165) is 0 Å². The minimum absolute atomic E-state index is 0. The van der Waals surface area contributed by atoms with Gasteiger partial charge >= 0.3 is 45.6 Å². The van der Waals surface area contributed by atoms with Crippen molar-refractivity contribution in [2.24, 2.45) is 0 Å². The average Bonchev–Trinajstić information content (AvgIpc) is 0. The number of hydrogen-bond acceptors (Lipinski definition) is 1. The fourth-order valence-electron chi connectivity index (χ4n) is 0. The van der Waals surface area contributed by atoms with Gasteiger partial charge in [0.05, 0.1) is 0 Å².